The van der Waals surface area contributed by atoms with Crippen LogP contribution in [0.1, 0.15) is 34.1 Å². The van der Waals surface area contributed by atoms with E-state index in [0.717, 1.165) is 45.0 Å². The van der Waals surface area contributed by atoms with Gasteiger partial charge >= 0.3 is 0 Å². The Morgan fingerprint density at radius 1 is 1.11 bits per heavy atom. The maximum absolute atomic E-state index is 13.6. The van der Waals surface area contributed by atoms with E-state index in [2.05, 4.69) is 34.3 Å². The Balaban J connectivity index is 1.22. The Hall–Kier alpha value is -4.52. The fourth-order valence-electron chi connectivity index (χ4n) is 5.90. The number of aromatic nitrogens is 1. The minimum Gasteiger partial charge on any atom is -0.355 e. The molecule has 1 unspecified atom stereocenters. The van der Waals surface area contributed by atoms with Crippen LogP contribution in [0, 0.1) is 11.2 Å². The number of nitrogens with one attached hydrogen (secondary N) is 2. The molecule has 2 aromatic carbocycles. The van der Waals surface area contributed by atoms with E-state index in [0.29, 0.717) is 31.5 Å². The van der Waals surface area contributed by atoms with Gasteiger partial charge in [0.2, 0.25) is 5.91 Å². The van der Waals surface area contributed by atoms with Crippen LogP contribution in [-0.4, -0.2) is 23.3 Å². The second-order valence-electron chi connectivity index (χ2n) is 10.0. The Morgan fingerprint density at radius 3 is 2.76 bits per heavy atom. The van der Waals surface area contributed by atoms with Crippen LogP contribution in [0.3, 0.4) is 0 Å². The van der Waals surface area contributed by atoms with E-state index in [-0.39, 0.29) is 17.6 Å². The molecule has 0 fully saturated rings. The lowest BCUT2D eigenvalue weighted by Gasteiger charge is -2.22. The first-order chi connectivity index (χ1) is 18.4. The average Bonchev–Trinajstić information content (AvgIpc) is 3.56. The van der Waals surface area contributed by atoms with Crippen LogP contribution in [0.4, 0.5) is 21.5 Å². The number of hydrogen-bond donors (Lipinski definition) is 2. The van der Waals surface area contributed by atoms with E-state index in [9.17, 15) is 14.0 Å². The molecule has 0 saturated carbocycles. The van der Waals surface area contributed by atoms with E-state index in [1.54, 1.807) is 29.3 Å². The number of hydrogen-bond acceptors (Lipinski definition) is 4. The van der Waals surface area contributed by atoms with Gasteiger partial charge in [-0.3, -0.25) is 14.6 Å². The molecule has 1 aromatic heterocycles. The largest absolute Gasteiger partial charge is 0.355 e. The van der Waals surface area contributed by atoms with Crippen molar-refractivity contribution >= 4 is 28.9 Å². The van der Waals surface area contributed by atoms with Crippen molar-refractivity contribution < 1.29 is 14.0 Å². The fourth-order valence-corrected chi connectivity index (χ4v) is 5.90. The maximum Gasteiger partial charge on any atom is 0.276 e. The molecule has 2 amide bonds. The summed E-state index contributed by atoms with van der Waals surface area (Å²) in [6.45, 7) is 6.19. The van der Waals surface area contributed by atoms with E-state index >= 15 is 0 Å². The van der Waals surface area contributed by atoms with Crippen LogP contribution >= 0.6 is 0 Å². The standard InChI is InChI=1S/C31H27FN4O2/c1-3-4-5-26-19(2)34-30(38)31(26)17-21-6-8-24(15-22(21)18-31)35-25-10-12-33-27(16-25)29(37)36-13-11-20-14-23(32)7-9-28(20)36/h3-10,12,14-16H,1,11,13,17-18H2,2H3,(H,33,35)(H,34,38)/b5-4-. The molecule has 3 aliphatic rings. The molecule has 1 spiro atoms. The molecule has 0 saturated heterocycles. The first kappa shape index (κ1) is 23.9. The highest BCUT2D eigenvalue weighted by Crippen LogP contribution is 2.48. The van der Waals surface area contributed by atoms with Crippen LogP contribution in [0.25, 0.3) is 0 Å². The van der Waals surface area contributed by atoms with Crippen molar-refractivity contribution in [2.75, 3.05) is 16.8 Å². The van der Waals surface area contributed by atoms with Crippen molar-refractivity contribution in [2.45, 2.75) is 26.2 Å². The quantitative estimate of drug-likeness (QED) is 0.455. The highest BCUT2D eigenvalue weighted by molar-refractivity contribution is 6.06. The number of rotatable bonds is 5. The summed E-state index contributed by atoms with van der Waals surface area (Å²) in [7, 11) is 0. The number of amides is 2. The van der Waals surface area contributed by atoms with Gasteiger partial charge in [0.15, 0.2) is 0 Å². The van der Waals surface area contributed by atoms with Gasteiger partial charge in [-0.1, -0.05) is 30.9 Å². The van der Waals surface area contributed by atoms with Crippen LogP contribution in [0.5, 0.6) is 0 Å². The summed E-state index contributed by atoms with van der Waals surface area (Å²) in [6, 6.07) is 14.2. The van der Waals surface area contributed by atoms with Gasteiger partial charge in [-0.25, -0.2) is 4.39 Å². The third-order valence-corrected chi connectivity index (χ3v) is 7.69. The van der Waals surface area contributed by atoms with Crippen molar-refractivity contribution in [1.29, 1.82) is 0 Å². The molecule has 7 heteroatoms. The summed E-state index contributed by atoms with van der Waals surface area (Å²) >= 11 is 0. The minimum absolute atomic E-state index is 0.0351. The number of pyridine rings is 1. The number of allylic oxidation sites excluding steroid dienone is 4. The van der Waals surface area contributed by atoms with Gasteiger partial charge in [0, 0.05) is 35.5 Å². The molecule has 190 valence electrons. The van der Waals surface area contributed by atoms with E-state index in [1.165, 1.54) is 12.1 Å². The monoisotopic (exact) mass is 506 g/mol. The molecule has 2 aliphatic heterocycles. The number of halogens is 1. The zero-order valence-electron chi connectivity index (χ0n) is 21.1. The van der Waals surface area contributed by atoms with Crippen molar-refractivity contribution in [3.05, 3.63) is 119 Å². The predicted molar refractivity (Wildman–Crippen MR) is 146 cm³/mol. The van der Waals surface area contributed by atoms with E-state index < -0.39 is 5.41 Å². The smallest absolute Gasteiger partial charge is 0.276 e. The van der Waals surface area contributed by atoms with Crippen LogP contribution in [0.2, 0.25) is 0 Å². The molecule has 3 aromatic rings. The molecule has 1 atom stereocenters. The molecule has 3 heterocycles. The number of carbonyl (C=O) groups excluding carboxylic acids is 2. The molecule has 0 bridgehead atoms. The number of fused-ring (bicyclic) bond motifs is 2. The third kappa shape index (κ3) is 3.91. The number of carbonyl (C=O) groups is 2. The third-order valence-electron chi connectivity index (χ3n) is 7.69. The summed E-state index contributed by atoms with van der Waals surface area (Å²) in [5.74, 6) is -0.482. The second kappa shape index (κ2) is 9.10. The van der Waals surface area contributed by atoms with Crippen molar-refractivity contribution in [3.8, 4) is 0 Å². The topological polar surface area (TPSA) is 74.3 Å². The van der Waals surface area contributed by atoms with Gasteiger partial charge in [-0.2, -0.15) is 0 Å². The second-order valence-corrected chi connectivity index (χ2v) is 10.0. The molecule has 0 radical (unpaired) electrons. The SMILES string of the molecule is C=C/C=C\C1=C(C)NC(=O)C12Cc1ccc(Nc3ccnc(C(=O)N4CCc5cc(F)ccc54)c3)cc1C2. The molecule has 1 aliphatic carbocycles. The Bertz CT molecular complexity index is 1570. The Labute approximate surface area is 220 Å². The average molecular weight is 507 g/mol. The maximum atomic E-state index is 13.6. The molecule has 6 nitrogen and oxygen atoms in total. The van der Waals surface area contributed by atoms with Crippen molar-refractivity contribution in [3.63, 3.8) is 0 Å². The zero-order chi connectivity index (χ0) is 26.4. The lowest BCUT2D eigenvalue weighted by atomic mass is 9.78. The normalized spacial score (nSPS) is 19.7. The highest BCUT2D eigenvalue weighted by Gasteiger charge is 2.50. The first-order valence-electron chi connectivity index (χ1n) is 12.6. The Kier molecular flexibility index (Phi) is 5.71. The highest BCUT2D eigenvalue weighted by atomic mass is 19.1. The van der Waals surface area contributed by atoms with Gasteiger partial charge in [-0.05, 0) is 90.9 Å². The predicted octanol–water partition coefficient (Wildman–Crippen LogP) is 5.40. The van der Waals surface area contributed by atoms with Gasteiger partial charge in [0.05, 0.1) is 5.41 Å². The van der Waals surface area contributed by atoms with E-state index in [1.807, 2.05) is 31.2 Å². The summed E-state index contributed by atoms with van der Waals surface area (Å²) in [5, 5.41) is 6.42. The fraction of sp³-hybridized carbons (Fsp3) is 0.194. The number of nitrogens with zero attached hydrogens (tertiary/aromatic N) is 2. The lowest BCUT2D eigenvalue weighted by Crippen LogP contribution is -2.34. The van der Waals surface area contributed by atoms with Gasteiger partial charge < -0.3 is 15.5 Å². The minimum atomic E-state index is -0.601. The van der Waals surface area contributed by atoms with Crippen LogP contribution in [-0.2, 0) is 24.1 Å². The number of benzene rings is 2. The van der Waals surface area contributed by atoms with Gasteiger partial charge in [0.25, 0.3) is 5.91 Å². The van der Waals surface area contributed by atoms with Crippen molar-refractivity contribution in [2.24, 2.45) is 5.41 Å². The Morgan fingerprint density at radius 2 is 1.92 bits per heavy atom. The molecular formula is C31H27FN4O2. The molecular weight excluding hydrogens is 479 g/mol. The molecule has 38 heavy (non-hydrogen) atoms. The summed E-state index contributed by atoms with van der Waals surface area (Å²) < 4.78 is 13.6. The summed E-state index contributed by atoms with van der Waals surface area (Å²) in [6.07, 6.45) is 9.06. The van der Waals surface area contributed by atoms with Crippen molar-refractivity contribution in [1.82, 2.24) is 10.3 Å². The van der Waals surface area contributed by atoms with Gasteiger partial charge in [-0.15, -0.1) is 0 Å². The summed E-state index contributed by atoms with van der Waals surface area (Å²) in [4.78, 5) is 32.2. The lowest BCUT2D eigenvalue weighted by molar-refractivity contribution is -0.126. The molecule has 2 N–H and O–H groups in total. The summed E-state index contributed by atoms with van der Waals surface area (Å²) in [5.41, 5.74) is 7.04. The molecule has 6 rings (SSSR count). The van der Waals surface area contributed by atoms with Crippen LogP contribution < -0.4 is 15.5 Å². The van der Waals surface area contributed by atoms with E-state index in [4.69, 9.17) is 0 Å². The number of anilines is 3. The van der Waals surface area contributed by atoms with Crippen LogP contribution in [0.15, 0.2) is 90.8 Å². The van der Waals surface area contributed by atoms with Gasteiger partial charge in [0.1, 0.15) is 11.5 Å². The zero-order valence-corrected chi connectivity index (χ0v) is 21.1. The first-order valence-corrected chi connectivity index (χ1v) is 12.6.